The van der Waals surface area contributed by atoms with Crippen LogP contribution >= 0.6 is 11.3 Å². The molecule has 2 rings (SSSR count). The molecule has 0 aliphatic carbocycles. The minimum Gasteiger partial charge on any atom is -0.476 e. The van der Waals surface area contributed by atoms with Gasteiger partial charge in [0.05, 0.1) is 19.8 Å². The van der Waals surface area contributed by atoms with Crippen LogP contribution < -0.4 is 10.6 Å². The van der Waals surface area contributed by atoms with Crippen molar-refractivity contribution in [2.45, 2.75) is 12.6 Å². The fraction of sp³-hybridized carbons (Fsp3) is 0.500. The van der Waals surface area contributed by atoms with Crippen LogP contribution in [0.2, 0.25) is 0 Å². The first-order chi connectivity index (χ1) is 8.66. The molecule has 1 aliphatic rings. The summed E-state index contributed by atoms with van der Waals surface area (Å²) >= 11 is 1.21. The van der Waals surface area contributed by atoms with Crippen molar-refractivity contribution in [2.24, 2.45) is 0 Å². The van der Waals surface area contributed by atoms with E-state index in [2.05, 4.69) is 15.6 Å². The third-order valence-electron chi connectivity index (χ3n) is 2.42. The smallest absolute Gasteiger partial charge is 0.355 e. The topological polar surface area (TPSA) is 101 Å². The number of amides is 1. The van der Waals surface area contributed by atoms with E-state index >= 15 is 0 Å². The van der Waals surface area contributed by atoms with Crippen LogP contribution in [0.4, 0.5) is 0 Å². The lowest BCUT2D eigenvalue weighted by atomic mass is 10.2. The Kier molecular flexibility index (Phi) is 4.24. The lowest BCUT2D eigenvalue weighted by Crippen LogP contribution is -2.51. The first kappa shape index (κ1) is 12.9. The summed E-state index contributed by atoms with van der Waals surface area (Å²) in [5.41, 5.74) is 0.00312. The number of hydrogen-bond acceptors (Lipinski definition) is 6. The van der Waals surface area contributed by atoms with Crippen LogP contribution in [0.3, 0.4) is 0 Å². The number of nitrogens with zero attached hydrogens (tertiary/aromatic N) is 1. The Morgan fingerprint density at radius 3 is 3.11 bits per heavy atom. The van der Waals surface area contributed by atoms with Crippen LogP contribution in [0.1, 0.15) is 15.5 Å². The van der Waals surface area contributed by atoms with Crippen molar-refractivity contribution >= 4 is 23.2 Å². The summed E-state index contributed by atoms with van der Waals surface area (Å²) in [7, 11) is 0. The van der Waals surface area contributed by atoms with Gasteiger partial charge in [-0.2, -0.15) is 0 Å². The Hall–Kier alpha value is -1.51. The lowest BCUT2D eigenvalue weighted by molar-refractivity contribution is -0.126. The zero-order chi connectivity index (χ0) is 13.0. The first-order valence-electron chi connectivity index (χ1n) is 5.43. The SMILES string of the molecule is O=C(O)c1csc(CNC(=O)C2COCCN2)n1. The van der Waals surface area contributed by atoms with Crippen molar-refractivity contribution < 1.29 is 19.4 Å². The predicted molar refractivity (Wildman–Crippen MR) is 63.5 cm³/mol. The lowest BCUT2D eigenvalue weighted by Gasteiger charge is -2.22. The minimum atomic E-state index is -1.06. The molecule has 7 nitrogen and oxygen atoms in total. The van der Waals surface area contributed by atoms with E-state index in [0.717, 1.165) is 0 Å². The molecule has 0 spiro atoms. The molecule has 2 heterocycles. The third-order valence-corrected chi connectivity index (χ3v) is 3.27. The standard InChI is InChI=1S/C10H13N3O4S/c14-9(6-4-17-2-1-11-6)12-3-8-13-7(5-18-8)10(15)16/h5-6,11H,1-4H2,(H,12,14)(H,15,16). The summed E-state index contributed by atoms with van der Waals surface area (Å²) < 4.78 is 5.18. The maximum absolute atomic E-state index is 11.7. The summed E-state index contributed by atoms with van der Waals surface area (Å²) in [5.74, 6) is -1.23. The molecule has 0 saturated carbocycles. The van der Waals surface area contributed by atoms with Gasteiger partial charge in [0.1, 0.15) is 11.0 Å². The van der Waals surface area contributed by atoms with Crippen LogP contribution in [0.5, 0.6) is 0 Å². The van der Waals surface area contributed by atoms with Crippen molar-refractivity contribution in [3.05, 3.63) is 16.1 Å². The van der Waals surface area contributed by atoms with E-state index in [1.54, 1.807) is 0 Å². The summed E-state index contributed by atoms with van der Waals surface area (Å²) in [6.07, 6.45) is 0. The summed E-state index contributed by atoms with van der Waals surface area (Å²) in [6, 6.07) is -0.349. The molecule has 0 radical (unpaired) electrons. The average Bonchev–Trinajstić information content (AvgIpc) is 2.86. The van der Waals surface area contributed by atoms with Gasteiger partial charge in [0.25, 0.3) is 0 Å². The zero-order valence-electron chi connectivity index (χ0n) is 9.51. The van der Waals surface area contributed by atoms with Gasteiger partial charge in [0.2, 0.25) is 5.91 Å². The summed E-state index contributed by atoms with van der Waals surface area (Å²) in [4.78, 5) is 26.2. The van der Waals surface area contributed by atoms with Crippen molar-refractivity contribution in [2.75, 3.05) is 19.8 Å². The molecule has 0 bridgehead atoms. The van der Waals surface area contributed by atoms with Crippen molar-refractivity contribution in [1.82, 2.24) is 15.6 Å². The molecular weight excluding hydrogens is 258 g/mol. The van der Waals surface area contributed by atoms with Crippen LogP contribution in [-0.4, -0.2) is 47.8 Å². The van der Waals surface area contributed by atoms with E-state index in [0.29, 0.717) is 24.8 Å². The van der Waals surface area contributed by atoms with Crippen LogP contribution in [-0.2, 0) is 16.1 Å². The number of carboxylic acid groups (broad SMARTS) is 1. The number of thiazole rings is 1. The second kappa shape index (κ2) is 5.89. The van der Waals surface area contributed by atoms with Crippen LogP contribution in [0.15, 0.2) is 5.38 Å². The summed E-state index contributed by atoms with van der Waals surface area (Å²) in [6.45, 7) is 1.84. The monoisotopic (exact) mass is 271 g/mol. The number of hydrogen-bond donors (Lipinski definition) is 3. The van der Waals surface area contributed by atoms with E-state index in [4.69, 9.17) is 9.84 Å². The van der Waals surface area contributed by atoms with Gasteiger partial charge in [-0.05, 0) is 0 Å². The third kappa shape index (κ3) is 3.25. The molecule has 1 amide bonds. The molecule has 1 unspecified atom stereocenters. The van der Waals surface area contributed by atoms with E-state index in [1.807, 2.05) is 0 Å². The Morgan fingerprint density at radius 1 is 1.67 bits per heavy atom. The van der Waals surface area contributed by atoms with Crippen molar-refractivity contribution in [3.63, 3.8) is 0 Å². The molecule has 1 atom stereocenters. The van der Waals surface area contributed by atoms with Gasteiger partial charge in [-0.1, -0.05) is 0 Å². The number of rotatable bonds is 4. The molecule has 98 valence electrons. The van der Waals surface area contributed by atoms with E-state index in [1.165, 1.54) is 16.7 Å². The normalized spacial score (nSPS) is 19.4. The number of nitrogens with one attached hydrogen (secondary N) is 2. The number of carboxylic acids is 1. The fourth-order valence-corrected chi connectivity index (χ4v) is 2.22. The molecule has 8 heteroatoms. The number of aromatic carboxylic acids is 1. The molecular formula is C10H13N3O4S. The summed E-state index contributed by atoms with van der Waals surface area (Å²) in [5, 5.41) is 16.5. The predicted octanol–water partition coefficient (Wildman–Crippen LogP) is -0.554. The number of carbonyl (C=O) groups excluding carboxylic acids is 1. The molecule has 1 aromatic rings. The fourth-order valence-electron chi connectivity index (χ4n) is 1.51. The number of carbonyl (C=O) groups is 2. The molecule has 0 aromatic carbocycles. The molecule has 18 heavy (non-hydrogen) atoms. The molecule has 1 aliphatic heterocycles. The number of morpholine rings is 1. The molecule has 1 aromatic heterocycles. The Morgan fingerprint density at radius 2 is 2.50 bits per heavy atom. The highest BCUT2D eigenvalue weighted by Crippen LogP contribution is 2.09. The van der Waals surface area contributed by atoms with Crippen molar-refractivity contribution in [1.29, 1.82) is 0 Å². The molecule has 1 fully saturated rings. The second-order valence-electron chi connectivity index (χ2n) is 3.73. The first-order valence-corrected chi connectivity index (χ1v) is 6.31. The van der Waals surface area contributed by atoms with Gasteiger partial charge in [0, 0.05) is 11.9 Å². The van der Waals surface area contributed by atoms with Gasteiger partial charge in [0.15, 0.2) is 5.69 Å². The second-order valence-corrected chi connectivity index (χ2v) is 4.67. The maximum atomic E-state index is 11.7. The maximum Gasteiger partial charge on any atom is 0.355 e. The Balaban J connectivity index is 1.82. The number of ether oxygens (including phenoxy) is 1. The van der Waals surface area contributed by atoms with Gasteiger partial charge in [-0.15, -0.1) is 11.3 Å². The highest BCUT2D eigenvalue weighted by molar-refractivity contribution is 7.09. The van der Waals surface area contributed by atoms with Gasteiger partial charge in [-0.25, -0.2) is 9.78 Å². The van der Waals surface area contributed by atoms with Crippen LogP contribution in [0, 0.1) is 0 Å². The highest BCUT2D eigenvalue weighted by atomic mass is 32.1. The quantitative estimate of drug-likeness (QED) is 0.679. The average molecular weight is 271 g/mol. The van der Waals surface area contributed by atoms with E-state index < -0.39 is 5.97 Å². The largest absolute Gasteiger partial charge is 0.476 e. The zero-order valence-corrected chi connectivity index (χ0v) is 10.3. The minimum absolute atomic E-state index is 0.00312. The molecule has 3 N–H and O–H groups in total. The van der Waals surface area contributed by atoms with Gasteiger partial charge < -0.3 is 20.5 Å². The number of aromatic nitrogens is 1. The van der Waals surface area contributed by atoms with Gasteiger partial charge >= 0.3 is 5.97 Å². The highest BCUT2D eigenvalue weighted by Gasteiger charge is 2.21. The van der Waals surface area contributed by atoms with E-state index in [-0.39, 0.29) is 24.2 Å². The Bertz CT molecular complexity index is 442. The van der Waals surface area contributed by atoms with Crippen LogP contribution in [0.25, 0.3) is 0 Å². The Labute approximate surface area is 107 Å². The van der Waals surface area contributed by atoms with E-state index in [9.17, 15) is 9.59 Å². The van der Waals surface area contributed by atoms with Gasteiger partial charge in [-0.3, -0.25) is 4.79 Å². The molecule has 1 saturated heterocycles. The van der Waals surface area contributed by atoms with Crippen molar-refractivity contribution in [3.8, 4) is 0 Å².